The number of imidazole rings is 1. The zero-order valence-corrected chi connectivity index (χ0v) is 5.81. The monoisotopic (exact) mass is 156 g/mol. The van der Waals surface area contributed by atoms with Crippen LogP contribution in [0.5, 0.6) is 0 Å². The van der Waals surface area contributed by atoms with E-state index in [0.717, 1.165) is 5.82 Å². The van der Waals surface area contributed by atoms with Gasteiger partial charge in [-0.3, -0.25) is 0 Å². The molecule has 0 unspecified atom stereocenters. The number of rotatable bonds is 0. The molecule has 0 aromatic carbocycles. The lowest BCUT2D eigenvalue weighted by Gasteiger charge is -2.07. The summed E-state index contributed by atoms with van der Waals surface area (Å²) in [5.41, 5.74) is 0.702. The van der Waals surface area contributed by atoms with Gasteiger partial charge >= 0.3 is 0 Å². The van der Waals surface area contributed by atoms with Crippen LogP contribution in [0.2, 0.25) is 0 Å². The van der Waals surface area contributed by atoms with Gasteiger partial charge in [-0.05, 0) is 0 Å². The molecular formula is C5H5ClN4. The molecule has 0 bridgehead atoms. The summed E-state index contributed by atoms with van der Waals surface area (Å²) in [4.78, 5) is 10.8. The number of aromatic amines is 1. The first-order valence-corrected chi connectivity index (χ1v) is 3.23. The van der Waals surface area contributed by atoms with Crippen LogP contribution in [0.3, 0.4) is 0 Å². The van der Waals surface area contributed by atoms with Crippen molar-refractivity contribution in [2.75, 3.05) is 12.0 Å². The molecule has 0 fully saturated rings. The molecule has 1 aliphatic rings. The van der Waals surface area contributed by atoms with Gasteiger partial charge in [0.05, 0.1) is 6.33 Å². The van der Waals surface area contributed by atoms with E-state index in [-0.39, 0.29) is 0 Å². The summed E-state index contributed by atoms with van der Waals surface area (Å²) < 4.78 is 0. The summed E-state index contributed by atoms with van der Waals surface area (Å²) in [6.07, 6.45) is 1.58. The molecule has 2 rings (SSSR count). The third-order valence-electron chi connectivity index (χ3n) is 1.31. The van der Waals surface area contributed by atoms with E-state index in [4.69, 9.17) is 11.6 Å². The lowest BCUT2D eigenvalue weighted by Crippen LogP contribution is -2.11. The number of nitrogens with one attached hydrogen (secondary N) is 2. The molecule has 0 spiro atoms. The number of anilines is 1. The fraction of sp³-hybridized carbons (Fsp3) is 0.200. The van der Waals surface area contributed by atoms with Gasteiger partial charge in [0.25, 0.3) is 0 Å². The highest BCUT2D eigenvalue weighted by Crippen LogP contribution is 2.15. The average Bonchev–Trinajstić information content (AvgIpc) is 2.36. The summed E-state index contributed by atoms with van der Waals surface area (Å²) in [7, 11) is 0. The van der Waals surface area contributed by atoms with Crippen molar-refractivity contribution in [1.29, 1.82) is 0 Å². The van der Waals surface area contributed by atoms with Crippen LogP contribution in [-0.2, 0) is 0 Å². The van der Waals surface area contributed by atoms with Crippen LogP contribution in [-0.4, -0.2) is 21.8 Å². The Morgan fingerprint density at radius 1 is 1.60 bits per heavy atom. The van der Waals surface area contributed by atoms with E-state index in [2.05, 4.69) is 20.3 Å². The Hall–Kier alpha value is -1.03. The zero-order valence-electron chi connectivity index (χ0n) is 5.06. The Balaban J connectivity index is 2.55. The van der Waals surface area contributed by atoms with Gasteiger partial charge in [-0.15, -0.1) is 0 Å². The predicted molar refractivity (Wildman–Crippen MR) is 39.5 cm³/mol. The maximum Gasteiger partial charge on any atom is 0.155 e. The van der Waals surface area contributed by atoms with Gasteiger partial charge in [-0.25, -0.2) is 9.98 Å². The Bertz CT molecular complexity index is 277. The van der Waals surface area contributed by atoms with E-state index in [1.54, 1.807) is 6.33 Å². The van der Waals surface area contributed by atoms with Crippen LogP contribution in [0.4, 0.5) is 5.82 Å². The maximum atomic E-state index is 5.72. The summed E-state index contributed by atoms with van der Waals surface area (Å²) in [6, 6.07) is 0. The van der Waals surface area contributed by atoms with Gasteiger partial charge in [0.15, 0.2) is 5.17 Å². The molecule has 0 radical (unpaired) electrons. The lowest BCUT2D eigenvalue weighted by atomic mass is 10.4. The van der Waals surface area contributed by atoms with Crippen LogP contribution >= 0.6 is 11.6 Å². The molecule has 1 aromatic rings. The smallest absolute Gasteiger partial charge is 0.155 e. The summed E-state index contributed by atoms with van der Waals surface area (Å²) in [5, 5.41) is 3.45. The normalized spacial score (nSPS) is 15.5. The highest BCUT2D eigenvalue weighted by atomic mass is 35.5. The number of halogens is 1. The Kier molecular flexibility index (Phi) is 1.14. The van der Waals surface area contributed by atoms with E-state index in [0.29, 0.717) is 17.5 Å². The first kappa shape index (κ1) is 5.73. The van der Waals surface area contributed by atoms with E-state index in [1.807, 2.05) is 0 Å². The molecule has 4 nitrogen and oxygen atoms in total. The number of fused-ring (bicyclic) bond motifs is 1. The number of hydrogen-bond acceptors (Lipinski definition) is 3. The number of hydrogen-bond donors (Lipinski definition) is 2. The Morgan fingerprint density at radius 3 is 3.30 bits per heavy atom. The number of aromatic nitrogens is 2. The molecule has 1 aliphatic heterocycles. The van der Waals surface area contributed by atoms with Crippen molar-refractivity contribution in [1.82, 2.24) is 9.97 Å². The minimum absolute atomic E-state index is 0.468. The lowest BCUT2D eigenvalue weighted by molar-refractivity contribution is 1.10. The van der Waals surface area contributed by atoms with Crippen LogP contribution in [0.1, 0.15) is 5.69 Å². The quantitative estimate of drug-likeness (QED) is 0.583. The van der Waals surface area contributed by atoms with Crippen molar-refractivity contribution in [3.8, 4) is 0 Å². The first-order chi connectivity index (χ1) is 4.88. The van der Waals surface area contributed by atoms with Gasteiger partial charge in [0.1, 0.15) is 18.2 Å². The second-order valence-electron chi connectivity index (χ2n) is 1.91. The molecule has 0 saturated carbocycles. The molecule has 0 atom stereocenters. The van der Waals surface area contributed by atoms with Crippen molar-refractivity contribution in [2.24, 2.45) is 4.99 Å². The number of H-pyrrole nitrogens is 1. The van der Waals surface area contributed by atoms with Gasteiger partial charge in [-0.2, -0.15) is 0 Å². The van der Waals surface area contributed by atoms with E-state index in [1.165, 1.54) is 0 Å². The molecular weight excluding hydrogens is 152 g/mol. The fourth-order valence-electron chi connectivity index (χ4n) is 0.848. The molecule has 0 saturated heterocycles. The van der Waals surface area contributed by atoms with Gasteiger partial charge < -0.3 is 10.3 Å². The first-order valence-electron chi connectivity index (χ1n) is 2.85. The molecule has 52 valence electrons. The topological polar surface area (TPSA) is 53.1 Å². The van der Waals surface area contributed by atoms with Crippen molar-refractivity contribution in [3.05, 3.63) is 12.0 Å². The van der Waals surface area contributed by atoms with Crippen molar-refractivity contribution in [3.63, 3.8) is 0 Å². The minimum atomic E-state index is 0.468. The van der Waals surface area contributed by atoms with Crippen LogP contribution in [0, 0.1) is 0 Å². The highest BCUT2D eigenvalue weighted by molar-refractivity contribution is 6.69. The standard InChI is InChI=1S/C5H5ClN4/c6-4-3-5(9-1-7-3)10-2-8-4/h1,10H,2H2,(H,7,9). The number of aliphatic imine (C=N–C) groups is 1. The fourth-order valence-corrected chi connectivity index (χ4v) is 1.05. The SMILES string of the molecule is ClC1=NCNc2[nH]cnc21. The van der Waals surface area contributed by atoms with Crippen molar-refractivity contribution < 1.29 is 0 Å². The molecule has 0 aliphatic carbocycles. The third kappa shape index (κ3) is 0.690. The van der Waals surface area contributed by atoms with Crippen LogP contribution in [0.25, 0.3) is 0 Å². The molecule has 5 heteroatoms. The minimum Gasteiger partial charge on any atom is -0.351 e. The summed E-state index contributed by atoms with van der Waals surface area (Å²) in [5.74, 6) is 0.847. The van der Waals surface area contributed by atoms with Crippen molar-refractivity contribution >= 4 is 22.6 Å². The third-order valence-corrected chi connectivity index (χ3v) is 1.61. The predicted octanol–water partition coefficient (Wildman–Crippen LogP) is 0.778. The van der Waals surface area contributed by atoms with Gasteiger partial charge in [-0.1, -0.05) is 11.6 Å². The molecule has 1 aromatic heterocycles. The van der Waals surface area contributed by atoms with E-state index < -0.39 is 0 Å². The molecule has 2 heterocycles. The summed E-state index contributed by atoms with van der Waals surface area (Å²) >= 11 is 5.72. The van der Waals surface area contributed by atoms with E-state index >= 15 is 0 Å². The van der Waals surface area contributed by atoms with Gasteiger partial charge in [0, 0.05) is 0 Å². The molecule has 0 amide bonds. The van der Waals surface area contributed by atoms with Gasteiger partial charge in [0.2, 0.25) is 0 Å². The Morgan fingerprint density at radius 2 is 2.50 bits per heavy atom. The van der Waals surface area contributed by atoms with Crippen LogP contribution < -0.4 is 5.32 Å². The Labute approximate surface area is 62.3 Å². The average molecular weight is 157 g/mol. The number of nitrogens with zero attached hydrogens (tertiary/aromatic N) is 2. The highest BCUT2D eigenvalue weighted by Gasteiger charge is 2.12. The zero-order chi connectivity index (χ0) is 6.97. The van der Waals surface area contributed by atoms with Crippen molar-refractivity contribution in [2.45, 2.75) is 0 Å². The maximum absolute atomic E-state index is 5.72. The van der Waals surface area contributed by atoms with E-state index in [9.17, 15) is 0 Å². The largest absolute Gasteiger partial charge is 0.351 e. The molecule has 2 N–H and O–H groups in total. The van der Waals surface area contributed by atoms with Crippen LogP contribution in [0.15, 0.2) is 11.3 Å². The summed E-state index contributed by atoms with van der Waals surface area (Å²) in [6.45, 7) is 0.522. The molecule has 10 heavy (non-hydrogen) atoms. The second kappa shape index (κ2) is 1.98. The second-order valence-corrected chi connectivity index (χ2v) is 2.27.